The maximum Gasteiger partial charge on any atom is 0.235 e. The van der Waals surface area contributed by atoms with Crippen molar-refractivity contribution in [3.8, 4) is 0 Å². The lowest BCUT2D eigenvalue weighted by Crippen LogP contribution is -2.36. The van der Waals surface area contributed by atoms with E-state index in [2.05, 4.69) is 5.32 Å². The minimum Gasteiger partial charge on any atom is -0.399 e. The van der Waals surface area contributed by atoms with Gasteiger partial charge in [-0.2, -0.15) is 0 Å². The molecule has 110 valence electrons. The predicted molar refractivity (Wildman–Crippen MR) is 78.0 cm³/mol. The zero-order valence-electron chi connectivity index (χ0n) is 11.6. The second-order valence-electron chi connectivity index (χ2n) is 5.33. The fourth-order valence-corrected chi connectivity index (χ4v) is 3.66. The van der Waals surface area contributed by atoms with E-state index in [0.29, 0.717) is 11.3 Å². The van der Waals surface area contributed by atoms with Crippen LogP contribution in [0.2, 0.25) is 0 Å². The molecule has 0 radical (unpaired) electrons. The van der Waals surface area contributed by atoms with E-state index in [1.165, 1.54) is 12.1 Å². The molecule has 0 saturated heterocycles. The number of rotatable bonds is 4. The van der Waals surface area contributed by atoms with Gasteiger partial charge in [0.15, 0.2) is 9.84 Å². The smallest absolute Gasteiger partial charge is 0.235 e. The van der Waals surface area contributed by atoms with Crippen molar-refractivity contribution in [2.75, 3.05) is 11.5 Å². The minimum absolute atomic E-state index is 0.130. The zero-order valence-corrected chi connectivity index (χ0v) is 12.4. The van der Waals surface area contributed by atoms with Crippen molar-refractivity contribution in [2.24, 2.45) is 0 Å². The number of sulfone groups is 1. The summed E-state index contributed by atoms with van der Waals surface area (Å²) in [6, 6.07) is 4.64. The lowest BCUT2D eigenvalue weighted by Gasteiger charge is -2.12. The number of benzene rings is 1. The summed E-state index contributed by atoms with van der Waals surface area (Å²) in [5.41, 5.74) is 6.91. The average molecular weight is 296 g/mol. The van der Waals surface area contributed by atoms with Crippen LogP contribution in [0.1, 0.15) is 31.2 Å². The molecule has 0 atom stereocenters. The molecular formula is C14H20N2O3S. The largest absolute Gasteiger partial charge is 0.399 e. The quantitative estimate of drug-likeness (QED) is 0.822. The molecular weight excluding hydrogens is 276 g/mol. The molecule has 20 heavy (non-hydrogen) atoms. The highest BCUT2D eigenvalue weighted by Crippen LogP contribution is 2.19. The zero-order chi connectivity index (χ0) is 14.8. The van der Waals surface area contributed by atoms with Crippen molar-refractivity contribution in [2.45, 2.75) is 43.5 Å². The fraction of sp³-hybridized carbons (Fsp3) is 0.500. The van der Waals surface area contributed by atoms with Crippen LogP contribution in [0.4, 0.5) is 5.69 Å². The number of amides is 1. The fourth-order valence-electron chi connectivity index (χ4n) is 2.44. The molecule has 1 aliphatic rings. The van der Waals surface area contributed by atoms with Gasteiger partial charge in [0, 0.05) is 11.7 Å². The molecule has 1 saturated carbocycles. The molecule has 0 aliphatic heterocycles. The van der Waals surface area contributed by atoms with Crippen LogP contribution < -0.4 is 11.1 Å². The maximum atomic E-state index is 12.2. The molecule has 0 aromatic heterocycles. The second kappa shape index (κ2) is 5.83. The van der Waals surface area contributed by atoms with E-state index in [1.54, 1.807) is 13.0 Å². The van der Waals surface area contributed by atoms with Gasteiger partial charge in [0.1, 0.15) is 5.75 Å². The number of nitrogen functional groups attached to an aromatic ring is 1. The average Bonchev–Trinajstić information content (AvgIpc) is 2.84. The molecule has 1 aliphatic carbocycles. The molecule has 0 bridgehead atoms. The van der Waals surface area contributed by atoms with Crippen LogP contribution in [0.15, 0.2) is 23.1 Å². The Morgan fingerprint density at radius 2 is 2.00 bits per heavy atom. The van der Waals surface area contributed by atoms with E-state index < -0.39 is 21.5 Å². The number of carbonyl (C=O) groups excluding carboxylic acids is 1. The maximum absolute atomic E-state index is 12.2. The highest BCUT2D eigenvalue weighted by Gasteiger charge is 2.23. The van der Waals surface area contributed by atoms with Gasteiger partial charge in [-0.25, -0.2) is 8.42 Å². The lowest BCUT2D eigenvalue weighted by molar-refractivity contribution is -0.119. The van der Waals surface area contributed by atoms with Crippen LogP contribution in [-0.4, -0.2) is 26.1 Å². The molecule has 5 nitrogen and oxygen atoms in total. The summed E-state index contributed by atoms with van der Waals surface area (Å²) < 4.78 is 24.4. The van der Waals surface area contributed by atoms with Gasteiger partial charge in [-0.1, -0.05) is 12.8 Å². The molecule has 6 heteroatoms. The molecule has 1 aromatic carbocycles. The van der Waals surface area contributed by atoms with Gasteiger partial charge in [0.25, 0.3) is 0 Å². The number of hydrogen-bond acceptors (Lipinski definition) is 4. The van der Waals surface area contributed by atoms with Gasteiger partial charge in [-0.15, -0.1) is 0 Å². The summed E-state index contributed by atoms with van der Waals surface area (Å²) >= 11 is 0. The van der Waals surface area contributed by atoms with E-state index in [4.69, 9.17) is 5.73 Å². The van der Waals surface area contributed by atoms with E-state index in [0.717, 1.165) is 25.7 Å². The third-order valence-electron chi connectivity index (χ3n) is 3.64. The number of carbonyl (C=O) groups is 1. The highest BCUT2D eigenvalue weighted by molar-refractivity contribution is 7.92. The van der Waals surface area contributed by atoms with Gasteiger partial charge in [-0.3, -0.25) is 4.79 Å². The summed E-state index contributed by atoms with van der Waals surface area (Å²) in [4.78, 5) is 12.0. The molecule has 2 rings (SSSR count). The molecule has 3 N–H and O–H groups in total. The Hall–Kier alpha value is -1.56. The summed E-state index contributed by atoms with van der Waals surface area (Å²) in [6.07, 6.45) is 4.06. The number of anilines is 1. The van der Waals surface area contributed by atoms with Crippen molar-refractivity contribution in [1.29, 1.82) is 0 Å². The van der Waals surface area contributed by atoms with Crippen molar-refractivity contribution in [1.82, 2.24) is 5.32 Å². The van der Waals surface area contributed by atoms with Gasteiger partial charge in [-0.05, 0) is 43.5 Å². The predicted octanol–water partition coefficient (Wildman–Crippen LogP) is 1.41. The first-order valence-corrected chi connectivity index (χ1v) is 8.42. The van der Waals surface area contributed by atoms with Crippen molar-refractivity contribution >= 4 is 21.4 Å². The third-order valence-corrected chi connectivity index (χ3v) is 5.26. The van der Waals surface area contributed by atoms with Crippen LogP contribution in [-0.2, 0) is 14.6 Å². The first-order chi connectivity index (χ1) is 9.38. The Bertz CT molecular complexity index is 605. The lowest BCUT2D eigenvalue weighted by atomic mass is 10.2. The number of hydrogen-bond donors (Lipinski definition) is 2. The van der Waals surface area contributed by atoms with Crippen LogP contribution in [0.3, 0.4) is 0 Å². The van der Waals surface area contributed by atoms with Gasteiger partial charge in [0.2, 0.25) is 5.91 Å². The van der Waals surface area contributed by atoms with E-state index >= 15 is 0 Å². The Kier molecular flexibility index (Phi) is 4.32. The monoisotopic (exact) mass is 296 g/mol. The highest BCUT2D eigenvalue weighted by atomic mass is 32.2. The van der Waals surface area contributed by atoms with Gasteiger partial charge >= 0.3 is 0 Å². The second-order valence-corrected chi connectivity index (χ2v) is 7.32. The Morgan fingerprint density at radius 1 is 1.35 bits per heavy atom. The summed E-state index contributed by atoms with van der Waals surface area (Å²) in [6.45, 7) is 1.74. The molecule has 0 heterocycles. The molecule has 1 fully saturated rings. The first-order valence-electron chi connectivity index (χ1n) is 6.77. The normalized spacial score (nSPS) is 16.2. The third kappa shape index (κ3) is 3.50. The SMILES string of the molecule is Cc1cc(S(=O)(=O)CC(=O)NC2CCCC2)ccc1N. The van der Waals surface area contributed by atoms with Crippen molar-refractivity contribution < 1.29 is 13.2 Å². The minimum atomic E-state index is -3.61. The van der Waals surface area contributed by atoms with E-state index in [9.17, 15) is 13.2 Å². The molecule has 1 aromatic rings. The summed E-state index contributed by atoms with van der Waals surface area (Å²) in [5, 5.41) is 2.79. The molecule has 0 unspecified atom stereocenters. The van der Waals surface area contributed by atoms with Crippen LogP contribution in [0.5, 0.6) is 0 Å². The number of aryl methyl sites for hydroxylation is 1. The van der Waals surface area contributed by atoms with Crippen molar-refractivity contribution in [3.63, 3.8) is 0 Å². The van der Waals surface area contributed by atoms with Crippen LogP contribution >= 0.6 is 0 Å². The number of nitrogens with one attached hydrogen (secondary N) is 1. The first kappa shape index (κ1) is 14.8. The Morgan fingerprint density at radius 3 is 2.60 bits per heavy atom. The van der Waals surface area contributed by atoms with Crippen LogP contribution in [0, 0.1) is 6.92 Å². The number of nitrogens with two attached hydrogens (primary N) is 1. The summed E-state index contributed by atoms with van der Waals surface area (Å²) in [7, 11) is -3.61. The topological polar surface area (TPSA) is 89.3 Å². The van der Waals surface area contributed by atoms with Gasteiger partial charge in [0.05, 0.1) is 4.90 Å². The van der Waals surface area contributed by atoms with E-state index in [-0.39, 0.29) is 10.9 Å². The standard InChI is InChI=1S/C14H20N2O3S/c1-10-8-12(6-7-13(10)15)20(18,19)9-14(17)16-11-4-2-3-5-11/h6-8,11H,2-5,9,15H2,1H3,(H,16,17). The van der Waals surface area contributed by atoms with Crippen LogP contribution in [0.25, 0.3) is 0 Å². The molecule has 0 spiro atoms. The Labute approximate surface area is 119 Å². The Balaban J connectivity index is 2.06. The molecule has 1 amide bonds. The summed E-state index contributed by atoms with van der Waals surface area (Å²) in [5.74, 6) is -0.932. The van der Waals surface area contributed by atoms with Gasteiger partial charge < -0.3 is 11.1 Å². The van der Waals surface area contributed by atoms with E-state index in [1.807, 2.05) is 0 Å². The van der Waals surface area contributed by atoms with Crippen molar-refractivity contribution in [3.05, 3.63) is 23.8 Å².